The third-order valence-corrected chi connectivity index (χ3v) is 3.08. The number of anilines is 2. The highest BCUT2D eigenvalue weighted by Gasteiger charge is 2.12. The van der Waals surface area contributed by atoms with Crippen molar-refractivity contribution in [2.24, 2.45) is 0 Å². The molecule has 1 rings (SSSR count). The molecule has 0 aromatic heterocycles. The van der Waals surface area contributed by atoms with Crippen LogP contribution < -0.4 is 16.4 Å². The minimum absolute atomic E-state index is 0.174. The first-order valence-corrected chi connectivity index (χ1v) is 7.09. The van der Waals surface area contributed by atoms with Gasteiger partial charge in [-0.3, -0.25) is 4.79 Å². The van der Waals surface area contributed by atoms with Crippen LogP contribution in [0.1, 0.15) is 43.5 Å². The van der Waals surface area contributed by atoms with Gasteiger partial charge >= 0.3 is 0 Å². The molecule has 1 amide bonds. The van der Waals surface area contributed by atoms with E-state index in [1.54, 1.807) is 12.1 Å². The lowest BCUT2D eigenvalue weighted by Gasteiger charge is -2.12. The molecule has 0 fully saturated rings. The van der Waals surface area contributed by atoms with Gasteiger partial charge in [-0.15, -0.1) is 0 Å². The minimum Gasteiger partial charge on any atom is -0.397 e. The molecule has 0 saturated heterocycles. The van der Waals surface area contributed by atoms with Crippen molar-refractivity contribution in [3.05, 3.63) is 22.7 Å². The summed E-state index contributed by atoms with van der Waals surface area (Å²) in [5, 5.41) is 6.43. The Hall–Kier alpha value is -1.42. The predicted octanol–water partition coefficient (Wildman–Crippen LogP) is 3.27. The zero-order valence-electron chi connectivity index (χ0n) is 11.6. The zero-order chi connectivity index (χ0) is 14.3. The second kappa shape index (κ2) is 7.89. The van der Waals surface area contributed by atoms with Gasteiger partial charge in [-0.05, 0) is 25.0 Å². The quantitative estimate of drug-likeness (QED) is 0.531. The standard InChI is InChI=1S/C14H22ClN3O/c1-3-5-7-18-14(19)10-8-12(16)13(9-11(10)15)17-6-4-2/h8-9,17H,3-7,16H2,1-2H3,(H,18,19). The van der Waals surface area contributed by atoms with Gasteiger partial charge in [0.25, 0.3) is 5.91 Å². The summed E-state index contributed by atoms with van der Waals surface area (Å²) >= 11 is 6.13. The maximum absolute atomic E-state index is 11.9. The van der Waals surface area contributed by atoms with E-state index in [0.29, 0.717) is 22.8 Å². The van der Waals surface area contributed by atoms with Gasteiger partial charge in [-0.25, -0.2) is 0 Å². The molecule has 0 aliphatic heterocycles. The second-order valence-electron chi connectivity index (χ2n) is 4.46. The third-order valence-electron chi connectivity index (χ3n) is 2.77. The SMILES string of the molecule is CCCCNC(=O)c1cc(N)c(NCCC)cc1Cl. The minimum atomic E-state index is -0.174. The number of rotatable bonds is 7. The highest BCUT2D eigenvalue weighted by Crippen LogP contribution is 2.27. The fraction of sp³-hybridized carbons (Fsp3) is 0.500. The number of hydrogen-bond acceptors (Lipinski definition) is 3. The second-order valence-corrected chi connectivity index (χ2v) is 4.86. The van der Waals surface area contributed by atoms with Crippen LogP contribution in [0.25, 0.3) is 0 Å². The Kier molecular flexibility index (Phi) is 6.50. The largest absolute Gasteiger partial charge is 0.397 e. The van der Waals surface area contributed by atoms with Gasteiger partial charge in [-0.1, -0.05) is 31.9 Å². The van der Waals surface area contributed by atoms with Crippen LogP contribution in [0.4, 0.5) is 11.4 Å². The fourth-order valence-electron chi connectivity index (χ4n) is 1.65. The molecule has 0 aliphatic carbocycles. The van der Waals surface area contributed by atoms with E-state index >= 15 is 0 Å². The van der Waals surface area contributed by atoms with E-state index in [9.17, 15) is 4.79 Å². The molecule has 5 heteroatoms. The number of nitrogen functional groups attached to an aromatic ring is 1. The highest BCUT2D eigenvalue weighted by molar-refractivity contribution is 6.34. The smallest absolute Gasteiger partial charge is 0.252 e. The molecular weight excluding hydrogens is 262 g/mol. The number of amides is 1. The topological polar surface area (TPSA) is 67.2 Å². The molecule has 1 aromatic carbocycles. The summed E-state index contributed by atoms with van der Waals surface area (Å²) in [7, 11) is 0. The van der Waals surface area contributed by atoms with E-state index in [1.807, 2.05) is 0 Å². The molecule has 0 bridgehead atoms. The number of unbranched alkanes of at least 4 members (excludes halogenated alkanes) is 1. The van der Waals surface area contributed by atoms with Gasteiger partial charge in [-0.2, -0.15) is 0 Å². The maximum atomic E-state index is 11.9. The van der Waals surface area contributed by atoms with Crippen molar-refractivity contribution < 1.29 is 4.79 Å². The normalized spacial score (nSPS) is 10.3. The number of nitrogens with two attached hydrogens (primary N) is 1. The molecule has 0 unspecified atom stereocenters. The summed E-state index contributed by atoms with van der Waals surface area (Å²) in [6.45, 7) is 5.62. The van der Waals surface area contributed by atoms with Crippen molar-refractivity contribution in [1.29, 1.82) is 0 Å². The number of benzene rings is 1. The fourth-order valence-corrected chi connectivity index (χ4v) is 1.90. The average Bonchev–Trinajstić information content (AvgIpc) is 2.39. The van der Waals surface area contributed by atoms with Crippen molar-refractivity contribution in [1.82, 2.24) is 5.32 Å². The summed E-state index contributed by atoms with van der Waals surface area (Å²) < 4.78 is 0. The molecule has 4 nitrogen and oxygen atoms in total. The summed E-state index contributed by atoms with van der Waals surface area (Å²) in [5.41, 5.74) is 7.67. The predicted molar refractivity (Wildman–Crippen MR) is 81.9 cm³/mol. The van der Waals surface area contributed by atoms with Crippen molar-refractivity contribution in [3.8, 4) is 0 Å². The lowest BCUT2D eigenvalue weighted by Crippen LogP contribution is -2.24. The summed E-state index contributed by atoms with van der Waals surface area (Å²) in [4.78, 5) is 11.9. The van der Waals surface area contributed by atoms with Gasteiger partial charge in [0.1, 0.15) is 0 Å². The zero-order valence-corrected chi connectivity index (χ0v) is 12.3. The van der Waals surface area contributed by atoms with Crippen molar-refractivity contribution in [2.75, 3.05) is 24.1 Å². The molecular formula is C14H22ClN3O. The van der Waals surface area contributed by atoms with Crippen LogP contribution in [0.2, 0.25) is 5.02 Å². The molecule has 19 heavy (non-hydrogen) atoms. The Balaban J connectivity index is 2.79. The Morgan fingerprint density at radius 3 is 2.63 bits per heavy atom. The van der Waals surface area contributed by atoms with Crippen LogP contribution in [-0.2, 0) is 0 Å². The molecule has 0 atom stereocenters. The first kappa shape index (κ1) is 15.6. The van der Waals surface area contributed by atoms with Crippen molar-refractivity contribution in [3.63, 3.8) is 0 Å². The van der Waals surface area contributed by atoms with Crippen LogP contribution in [0.15, 0.2) is 12.1 Å². The first-order chi connectivity index (χ1) is 9.10. The van der Waals surface area contributed by atoms with E-state index in [2.05, 4.69) is 24.5 Å². The van der Waals surface area contributed by atoms with Gasteiger partial charge in [0.05, 0.1) is 22.0 Å². The van der Waals surface area contributed by atoms with Gasteiger partial charge < -0.3 is 16.4 Å². The number of carbonyl (C=O) groups is 1. The monoisotopic (exact) mass is 283 g/mol. The van der Waals surface area contributed by atoms with Crippen LogP contribution in [0.3, 0.4) is 0 Å². The van der Waals surface area contributed by atoms with Gasteiger partial charge in [0, 0.05) is 13.1 Å². The van der Waals surface area contributed by atoms with E-state index in [1.165, 1.54) is 0 Å². The third kappa shape index (κ3) is 4.63. The number of halogens is 1. The molecule has 4 N–H and O–H groups in total. The van der Waals surface area contributed by atoms with Crippen LogP contribution in [0, 0.1) is 0 Å². The molecule has 0 radical (unpaired) electrons. The number of hydrogen-bond donors (Lipinski definition) is 3. The summed E-state index contributed by atoms with van der Waals surface area (Å²) in [5.74, 6) is -0.174. The lowest BCUT2D eigenvalue weighted by atomic mass is 10.1. The van der Waals surface area contributed by atoms with Gasteiger partial charge in [0.2, 0.25) is 0 Å². The van der Waals surface area contributed by atoms with E-state index in [-0.39, 0.29) is 5.91 Å². The van der Waals surface area contributed by atoms with Crippen molar-refractivity contribution in [2.45, 2.75) is 33.1 Å². The van der Waals surface area contributed by atoms with Crippen molar-refractivity contribution >= 4 is 28.9 Å². The summed E-state index contributed by atoms with van der Waals surface area (Å²) in [6, 6.07) is 3.34. The average molecular weight is 284 g/mol. The molecule has 106 valence electrons. The lowest BCUT2D eigenvalue weighted by molar-refractivity contribution is 0.0953. The molecule has 0 heterocycles. The number of nitrogens with one attached hydrogen (secondary N) is 2. The molecule has 0 aliphatic rings. The number of carbonyl (C=O) groups excluding carboxylic acids is 1. The van der Waals surface area contributed by atoms with Crippen LogP contribution in [0.5, 0.6) is 0 Å². The molecule has 1 aromatic rings. The first-order valence-electron chi connectivity index (χ1n) is 6.71. The summed E-state index contributed by atoms with van der Waals surface area (Å²) in [6.07, 6.45) is 2.99. The molecule has 0 spiro atoms. The van der Waals surface area contributed by atoms with Crippen LogP contribution in [-0.4, -0.2) is 19.0 Å². The van der Waals surface area contributed by atoms with E-state index in [0.717, 1.165) is 31.5 Å². The van der Waals surface area contributed by atoms with E-state index in [4.69, 9.17) is 17.3 Å². The van der Waals surface area contributed by atoms with Gasteiger partial charge in [0.15, 0.2) is 0 Å². The Labute approximate surface area is 119 Å². The van der Waals surface area contributed by atoms with E-state index < -0.39 is 0 Å². The Morgan fingerprint density at radius 1 is 1.26 bits per heavy atom. The highest BCUT2D eigenvalue weighted by atomic mass is 35.5. The Bertz CT molecular complexity index is 435. The maximum Gasteiger partial charge on any atom is 0.252 e. The Morgan fingerprint density at radius 2 is 2.00 bits per heavy atom. The van der Waals surface area contributed by atoms with Crippen LogP contribution >= 0.6 is 11.6 Å². The molecule has 0 saturated carbocycles.